The van der Waals surface area contributed by atoms with E-state index in [1.807, 2.05) is 60.7 Å². The predicted octanol–water partition coefficient (Wildman–Crippen LogP) is 3.24. The molecule has 8 rings (SSSR count). The van der Waals surface area contributed by atoms with Gasteiger partial charge in [-0.2, -0.15) is 5.10 Å². The molecule has 2 saturated carbocycles. The summed E-state index contributed by atoms with van der Waals surface area (Å²) in [5.74, 6) is -2.74. The van der Waals surface area contributed by atoms with Crippen LogP contribution in [0.15, 0.2) is 72.0 Å². The summed E-state index contributed by atoms with van der Waals surface area (Å²) in [5.41, 5.74) is 3.86. The normalized spacial score (nSPS) is 27.2. The number of carbonyl (C=O) groups excluding carboxylic acids is 4. The van der Waals surface area contributed by atoms with Gasteiger partial charge in [0.1, 0.15) is 29.4 Å². The van der Waals surface area contributed by atoms with Crippen molar-refractivity contribution in [3.05, 3.63) is 89.3 Å². The highest BCUT2D eigenvalue weighted by Gasteiger charge is 2.62. The van der Waals surface area contributed by atoms with Crippen molar-refractivity contribution in [1.82, 2.24) is 30.5 Å². The van der Waals surface area contributed by atoms with Crippen LogP contribution in [0, 0.1) is 12.8 Å². The third-order valence-electron chi connectivity index (χ3n) is 11.2. The number of amides is 4. The summed E-state index contributed by atoms with van der Waals surface area (Å²) < 4.78 is 27.9. The summed E-state index contributed by atoms with van der Waals surface area (Å²) in [7, 11) is -3.89. The molecule has 2 aromatic carbocycles. The standard InChI is InChI=1S/C39H43N7O7S/c1-23-31(21-40-43-23)35(47)41-32-16-6-4-2-3-5-11-24-20-39(24,38(50)45-54(51,52)26-17-18-26)42-36(48)33-19-25(22-46(33)37(32)49)53-44-34-29-14-9-7-12-27(29)28-13-8-10-15-30(28)34/h5,7-15,21,24-26,32-33H,2-4,6,16-20,22H2,1H3,(H,40,43)(H,41,47)(H,42,48)(H,45,50)/b11-5-/t24?,25-,32+,33+,39?/m1/s1. The first-order chi connectivity index (χ1) is 26.1. The van der Waals surface area contributed by atoms with Gasteiger partial charge in [0.05, 0.1) is 23.6 Å². The highest BCUT2D eigenvalue weighted by atomic mass is 32.2. The molecule has 15 heteroatoms. The van der Waals surface area contributed by atoms with E-state index in [2.05, 4.69) is 30.7 Å². The van der Waals surface area contributed by atoms with Crippen molar-refractivity contribution >= 4 is 39.4 Å². The van der Waals surface area contributed by atoms with Gasteiger partial charge in [-0.3, -0.25) is 29.0 Å². The highest BCUT2D eigenvalue weighted by molar-refractivity contribution is 7.91. The summed E-state index contributed by atoms with van der Waals surface area (Å²) in [4.78, 5) is 63.6. The van der Waals surface area contributed by atoms with Gasteiger partial charge in [-0.25, -0.2) is 8.42 Å². The number of allylic oxidation sites excluding steroid dienone is 1. The van der Waals surface area contributed by atoms with Gasteiger partial charge in [0.2, 0.25) is 21.8 Å². The fraction of sp³-hybridized carbons (Fsp3) is 0.436. The van der Waals surface area contributed by atoms with Crippen LogP contribution < -0.4 is 15.4 Å². The van der Waals surface area contributed by atoms with Crippen LogP contribution in [-0.2, 0) is 29.2 Å². The van der Waals surface area contributed by atoms with Crippen molar-refractivity contribution in [1.29, 1.82) is 0 Å². The predicted molar refractivity (Wildman–Crippen MR) is 198 cm³/mol. The maximum absolute atomic E-state index is 14.6. The highest BCUT2D eigenvalue weighted by Crippen LogP contribution is 2.46. The monoisotopic (exact) mass is 753 g/mol. The molecule has 0 spiro atoms. The molecule has 3 fully saturated rings. The molecule has 5 aliphatic rings. The number of nitrogens with one attached hydrogen (secondary N) is 4. The van der Waals surface area contributed by atoms with Gasteiger partial charge in [-0.05, 0) is 56.6 Å². The number of sulfonamides is 1. The maximum Gasteiger partial charge on any atom is 0.259 e. The zero-order valence-electron chi connectivity index (χ0n) is 29.9. The van der Waals surface area contributed by atoms with Crippen LogP contribution in [0.4, 0.5) is 0 Å². The topological polar surface area (TPSA) is 192 Å². The largest absolute Gasteiger partial charge is 0.390 e. The number of oxime groups is 1. The van der Waals surface area contributed by atoms with Crippen molar-refractivity contribution < 1.29 is 32.4 Å². The summed E-state index contributed by atoms with van der Waals surface area (Å²) in [6.07, 6.45) is 9.01. The Bertz CT molecular complexity index is 2130. The minimum atomic E-state index is -3.89. The van der Waals surface area contributed by atoms with Gasteiger partial charge in [-0.15, -0.1) is 0 Å². The van der Waals surface area contributed by atoms with Gasteiger partial charge in [0.25, 0.3) is 11.8 Å². The fourth-order valence-electron chi connectivity index (χ4n) is 7.87. The Morgan fingerprint density at radius 3 is 2.35 bits per heavy atom. The average Bonchev–Trinajstić information content (AvgIpc) is 4.01. The van der Waals surface area contributed by atoms with Gasteiger partial charge in [0.15, 0.2) is 0 Å². The zero-order valence-corrected chi connectivity index (χ0v) is 30.7. The molecule has 4 N–H and O–H groups in total. The van der Waals surface area contributed by atoms with E-state index in [0.717, 1.165) is 35.1 Å². The first-order valence-electron chi connectivity index (χ1n) is 18.6. The van der Waals surface area contributed by atoms with Gasteiger partial charge >= 0.3 is 0 Å². The Morgan fingerprint density at radius 1 is 0.981 bits per heavy atom. The molecule has 3 heterocycles. The molecular formula is C39H43N7O7S. The van der Waals surface area contributed by atoms with Crippen molar-refractivity contribution in [3.8, 4) is 11.1 Å². The number of nitrogens with zero attached hydrogens (tertiary/aromatic N) is 3. The summed E-state index contributed by atoms with van der Waals surface area (Å²) in [5, 5.41) is 16.5. The lowest BCUT2D eigenvalue weighted by atomic mass is 10.0. The molecular weight excluding hydrogens is 711 g/mol. The third kappa shape index (κ3) is 6.80. The van der Waals surface area contributed by atoms with E-state index in [1.54, 1.807) is 6.92 Å². The Hall–Kier alpha value is -5.31. The molecule has 54 heavy (non-hydrogen) atoms. The van der Waals surface area contributed by atoms with E-state index in [9.17, 15) is 27.6 Å². The van der Waals surface area contributed by atoms with E-state index < -0.39 is 68.5 Å². The number of rotatable bonds is 7. The number of carbonyl (C=O) groups is 4. The van der Waals surface area contributed by atoms with Crippen LogP contribution in [0.5, 0.6) is 0 Å². The Morgan fingerprint density at radius 2 is 1.69 bits per heavy atom. The minimum absolute atomic E-state index is 0.00725. The number of benzene rings is 2. The lowest BCUT2D eigenvalue weighted by molar-refractivity contribution is -0.141. The summed E-state index contributed by atoms with van der Waals surface area (Å²) in [6.45, 7) is 1.71. The zero-order chi connectivity index (χ0) is 37.6. The van der Waals surface area contributed by atoms with Gasteiger partial charge in [-0.1, -0.05) is 78.7 Å². The number of aromatic nitrogens is 2. The van der Waals surface area contributed by atoms with Gasteiger partial charge in [0, 0.05) is 29.2 Å². The molecule has 1 saturated heterocycles. The number of fused-ring (bicyclic) bond motifs is 5. The molecule has 3 aliphatic carbocycles. The van der Waals surface area contributed by atoms with E-state index in [1.165, 1.54) is 11.1 Å². The molecule has 3 aromatic rings. The minimum Gasteiger partial charge on any atom is -0.390 e. The van der Waals surface area contributed by atoms with Gasteiger partial charge < -0.3 is 20.4 Å². The first-order valence-corrected chi connectivity index (χ1v) is 20.2. The van der Waals surface area contributed by atoms with Crippen molar-refractivity contribution in [3.63, 3.8) is 0 Å². The molecule has 1 aromatic heterocycles. The summed E-state index contributed by atoms with van der Waals surface area (Å²) in [6, 6.07) is 13.7. The second-order valence-corrected chi connectivity index (χ2v) is 16.9. The lowest BCUT2D eigenvalue weighted by Crippen LogP contribution is -2.58. The first kappa shape index (κ1) is 35.7. The van der Waals surface area contributed by atoms with Crippen LogP contribution in [0.2, 0.25) is 0 Å². The quantitative estimate of drug-likeness (QED) is 0.163. The number of hydrogen-bond acceptors (Lipinski definition) is 9. The smallest absolute Gasteiger partial charge is 0.259 e. The van der Waals surface area contributed by atoms with Crippen LogP contribution in [0.1, 0.15) is 85.0 Å². The van der Waals surface area contributed by atoms with E-state index in [4.69, 9.17) is 4.84 Å². The second-order valence-electron chi connectivity index (χ2n) is 14.9. The van der Waals surface area contributed by atoms with Crippen molar-refractivity contribution in [2.45, 2.75) is 93.7 Å². The maximum atomic E-state index is 14.6. The average molecular weight is 754 g/mol. The van der Waals surface area contributed by atoms with Crippen LogP contribution in [-0.4, -0.2) is 88.4 Å². The lowest BCUT2D eigenvalue weighted by Gasteiger charge is -2.29. The molecule has 4 amide bonds. The van der Waals surface area contributed by atoms with Crippen LogP contribution in [0.3, 0.4) is 0 Å². The molecule has 5 atom stereocenters. The SMILES string of the molecule is Cc1[nH]ncc1C(=O)N[C@H]1CCCCC/C=C\C2CC2(C(=O)NS(=O)(=O)C2CC2)NC(=O)[C@@H]2C[C@@H](ON=C3c4ccccc4-c4ccccc43)CN2C1=O. The van der Waals surface area contributed by atoms with E-state index >= 15 is 0 Å². The Kier molecular flexibility index (Phi) is 9.36. The molecule has 2 aliphatic heterocycles. The molecule has 282 valence electrons. The van der Waals surface area contributed by atoms with Crippen LogP contribution >= 0.6 is 0 Å². The Balaban J connectivity index is 1.10. The summed E-state index contributed by atoms with van der Waals surface area (Å²) >= 11 is 0. The van der Waals surface area contributed by atoms with E-state index in [-0.39, 0.29) is 19.4 Å². The fourth-order valence-corrected chi connectivity index (χ4v) is 9.24. The van der Waals surface area contributed by atoms with E-state index in [0.29, 0.717) is 49.1 Å². The number of aromatic amines is 1. The number of aryl methyl sites for hydroxylation is 1. The molecule has 2 unspecified atom stereocenters. The van der Waals surface area contributed by atoms with Crippen molar-refractivity contribution in [2.75, 3.05) is 6.54 Å². The molecule has 0 radical (unpaired) electrons. The van der Waals surface area contributed by atoms with Crippen LogP contribution in [0.25, 0.3) is 11.1 Å². The second kappa shape index (κ2) is 14.2. The number of H-pyrrole nitrogens is 1. The van der Waals surface area contributed by atoms with Crippen molar-refractivity contribution in [2.24, 2.45) is 11.1 Å². The molecule has 14 nitrogen and oxygen atoms in total. The number of hydrogen-bond donors (Lipinski definition) is 4. The molecule has 0 bridgehead atoms. The third-order valence-corrected chi connectivity index (χ3v) is 13.0. The Labute approximate surface area is 313 Å².